The van der Waals surface area contributed by atoms with Gasteiger partial charge >= 0.3 is 0 Å². The fourth-order valence-electron chi connectivity index (χ4n) is 1.42. The molecular weight excluding hydrogens is 389 g/mol. The predicted molar refractivity (Wildman–Crippen MR) is 92.4 cm³/mol. The van der Waals surface area contributed by atoms with Crippen molar-refractivity contribution in [1.82, 2.24) is 0 Å². The first kappa shape index (κ1) is 17.4. The fraction of sp³-hybridized carbons (Fsp3) is 0.400. The maximum Gasteiger partial charge on any atom is 0.117 e. The first-order valence-corrected chi connectivity index (χ1v) is 9.55. The van der Waals surface area contributed by atoms with Crippen LogP contribution in [0.15, 0.2) is 24.3 Å². The molecule has 0 heterocycles. The number of hydrogen-bond acceptors (Lipinski definition) is 0. The highest BCUT2D eigenvalue weighted by Crippen LogP contribution is 2.41. The molecule has 0 aromatic heterocycles. The van der Waals surface area contributed by atoms with E-state index in [1.54, 1.807) is 0 Å². The minimum atomic E-state index is -0.899. The van der Waals surface area contributed by atoms with E-state index in [1.807, 2.05) is 24.3 Å². The van der Waals surface area contributed by atoms with Crippen molar-refractivity contribution in [3.63, 3.8) is 0 Å². The van der Waals surface area contributed by atoms with Crippen LogP contribution in [0.25, 0.3) is 0 Å². The van der Waals surface area contributed by atoms with E-state index in [4.69, 9.17) is 69.6 Å². The molecule has 0 radical (unpaired) electrons. The lowest BCUT2D eigenvalue weighted by Gasteiger charge is -2.23. The second kappa shape index (κ2) is 6.44. The maximum absolute atomic E-state index is 6.20. The second-order valence-corrected chi connectivity index (χ2v) is 14.4. The number of rotatable bonds is 4. The number of hydrogen-bond donors (Lipinski definition) is 0. The molecule has 0 fully saturated rings. The smallest absolute Gasteiger partial charge is 0.115 e. The highest BCUT2D eigenvalue weighted by Gasteiger charge is 2.31. The molecule has 0 spiro atoms. The molecule has 1 aromatic carbocycles. The third kappa shape index (κ3) is 4.74. The lowest BCUT2D eigenvalue weighted by atomic mass is 10.1. The molecule has 2 unspecified atom stereocenters. The predicted octanol–water partition coefficient (Wildman–Crippen LogP) is 3.24. The molecule has 0 nitrogen and oxygen atoms in total. The van der Waals surface area contributed by atoms with Gasteiger partial charge in [-0.1, -0.05) is 24.3 Å². The van der Waals surface area contributed by atoms with E-state index in [0.29, 0.717) is 20.5 Å². The first-order valence-electron chi connectivity index (χ1n) is 5.17. The Labute approximate surface area is 143 Å². The van der Waals surface area contributed by atoms with E-state index < -0.39 is 18.7 Å². The van der Waals surface area contributed by atoms with Crippen LogP contribution in [0.2, 0.25) is 0 Å². The highest BCUT2D eigenvalue weighted by molar-refractivity contribution is 6.68. The Morgan fingerprint density at radius 1 is 0.722 bits per heavy atom. The van der Waals surface area contributed by atoms with E-state index >= 15 is 0 Å². The van der Waals surface area contributed by atoms with Gasteiger partial charge in [0.1, 0.15) is 7.91 Å². The lowest BCUT2D eigenvalue weighted by Crippen LogP contribution is -2.21. The first-order chi connectivity index (χ1) is 8.03. The van der Waals surface area contributed by atoms with E-state index in [9.17, 15) is 0 Å². The highest BCUT2D eigenvalue weighted by atomic mass is 35.5. The van der Waals surface area contributed by atoms with Crippen molar-refractivity contribution in [3.05, 3.63) is 35.4 Å². The second-order valence-electron chi connectivity index (χ2n) is 4.30. The molecule has 18 heavy (non-hydrogen) atoms. The van der Waals surface area contributed by atoms with Crippen molar-refractivity contribution < 1.29 is 0 Å². The van der Waals surface area contributed by atoms with Gasteiger partial charge in [0.05, 0.1) is 31.2 Å². The van der Waals surface area contributed by atoms with Crippen LogP contribution in [0, 0.1) is 0 Å². The summed E-state index contributed by atoms with van der Waals surface area (Å²) in [7, 11) is 1.14. The molecule has 102 valence electrons. The SMILES string of the molecule is [SiH3]C(Cl)(Cl)C(Cl)c1ccc(C(Cl)C([SiH3])(Cl)Cl)cc1. The van der Waals surface area contributed by atoms with E-state index in [2.05, 4.69) is 0 Å². The summed E-state index contributed by atoms with van der Waals surface area (Å²) >= 11 is 36.5. The van der Waals surface area contributed by atoms with Crippen LogP contribution in [0.5, 0.6) is 0 Å². The van der Waals surface area contributed by atoms with Crippen molar-refractivity contribution in [2.45, 2.75) is 18.7 Å². The average molecular weight is 401 g/mol. The van der Waals surface area contributed by atoms with Crippen molar-refractivity contribution >= 4 is 90.1 Å². The minimum absolute atomic E-state index is 0.442. The topological polar surface area (TPSA) is 0 Å². The Balaban J connectivity index is 2.94. The van der Waals surface area contributed by atoms with Gasteiger partial charge in [0.2, 0.25) is 0 Å². The molecule has 0 aliphatic carbocycles. The van der Waals surface area contributed by atoms with Crippen molar-refractivity contribution in [2.24, 2.45) is 0 Å². The van der Waals surface area contributed by atoms with Gasteiger partial charge in [-0.3, -0.25) is 0 Å². The normalized spacial score (nSPS) is 16.8. The van der Waals surface area contributed by atoms with Crippen LogP contribution in [0.4, 0.5) is 0 Å². The zero-order valence-electron chi connectivity index (χ0n) is 9.73. The largest absolute Gasteiger partial charge is 0.117 e. The van der Waals surface area contributed by atoms with E-state index in [-0.39, 0.29) is 0 Å². The van der Waals surface area contributed by atoms with Crippen LogP contribution in [0.3, 0.4) is 0 Å². The molecule has 0 N–H and O–H groups in total. The maximum atomic E-state index is 6.20. The minimum Gasteiger partial charge on any atom is -0.115 e. The molecule has 0 aliphatic rings. The Bertz CT molecular complexity index is 355. The standard InChI is InChI=1S/C10H12Cl6Si2/c11-7(9(13,14)17)5-1-2-6(4-3-5)8(12)10(15,16)18/h1-4,7-8H,17-18H3. The lowest BCUT2D eigenvalue weighted by molar-refractivity contribution is 0.946. The summed E-state index contributed by atoms with van der Waals surface area (Å²) in [6.45, 7) is 0. The van der Waals surface area contributed by atoms with Gasteiger partial charge in [0.25, 0.3) is 0 Å². The third-order valence-corrected chi connectivity index (χ3v) is 6.99. The zero-order chi connectivity index (χ0) is 14.1. The van der Waals surface area contributed by atoms with Crippen molar-refractivity contribution in [1.29, 1.82) is 0 Å². The Morgan fingerprint density at radius 2 is 0.944 bits per heavy atom. The Morgan fingerprint density at radius 3 is 1.11 bits per heavy atom. The zero-order valence-corrected chi connectivity index (χ0v) is 18.3. The van der Waals surface area contributed by atoms with E-state index in [1.165, 1.54) is 0 Å². The molecule has 0 saturated heterocycles. The molecule has 1 rings (SSSR count). The summed E-state index contributed by atoms with van der Waals surface area (Å²) in [6, 6.07) is 7.39. The van der Waals surface area contributed by atoms with Gasteiger partial charge in [0, 0.05) is 0 Å². The van der Waals surface area contributed by atoms with Crippen molar-refractivity contribution in [3.8, 4) is 0 Å². The van der Waals surface area contributed by atoms with Gasteiger partial charge in [-0.25, -0.2) is 0 Å². The van der Waals surface area contributed by atoms with Crippen LogP contribution in [-0.4, -0.2) is 28.4 Å². The third-order valence-electron chi connectivity index (χ3n) is 2.41. The molecule has 0 amide bonds. The fourth-order valence-corrected chi connectivity index (χ4v) is 2.88. The molecule has 0 saturated carbocycles. The quantitative estimate of drug-likeness (QED) is 0.537. The molecule has 0 aliphatic heterocycles. The van der Waals surface area contributed by atoms with Gasteiger partial charge in [0.15, 0.2) is 0 Å². The van der Waals surface area contributed by atoms with Gasteiger partial charge in [-0.2, -0.15) is 0 Å². The average Bonchev–Trinajstić information content (AvgIpc) is 2.25. The van der Waals surface area contributed by atoms with Crippen LogP contribution >= 0.6 is 69.6 Å². The summed E-state index contributed by atoms with van der Waals surface area (Å²) < 4.78 is -1.80. The molecular formula is C10H12Cl6Si2. The van der Waals surface area contributed by atoms with Crippen LogP contribution in [-0.2, 0) is 0 Å². The summed E-state index contributed by atoms with van der Waals surface area (Å²) in [4.78, 5) is 0. The summed E-state index contributed by atoms with van der Waals surface area (Å²) in [5.41, 5.74) is 1.71. The summed E-state index contributed by atoms with van der Waals surface area (Å²) in [6.07, 6.45) is 0. The number of alkyl halides is 6. The van der Waals surface area contributed by atoms with Crippen LogP contribution < -0.4 is 0 Å². The molecule has 8 heteroatoms. The van der Waals surface area contributed by atoms with Gasteiger partial charge in [-0.15, -0.1) is 69.6 Å². The number of halogens is 6. The Hall–Kier alpha value is 1.39. The number of benzene rings is 1. The molecule has 0 bridgehead atoms. The van der Waals surface area contributed by atoms with Gasteiger partial charge in [-0.05, 0) is 11.1 Å². The monoisotopic (exact) mass is 398 g/mol. The van der Waals surface area contributed by atoms with Crippen molar-refractivity contribution in [2.75, 3.05) is 0 Å². The molecule has 1 aromatic rings. The molecule has 2 atom stereocenters. The van der Waals surface area contributed by atoms with Gasteiger partial charge < -0.3 is 0 Å². The summed E-state index contributed by atoms with van der Waals surface area (Å²) in [5.74, 6) is 0. The Kier molecular flexibility index (Phi) is 6.24. The van der Waals surface area contributed by atoms with Crippen LogP contribution in [0.1, 0.15) is 21.9 Å². The summed E-state index contributed by atoms with van der Waals surface area (Å²) in [5, 5.41) is -0.883. The van der Waals surface area contributed by atoms with E-state index in [0.717, 1.165) is 11.1 Å².